The first-order valence-electron chi connectivity index (χ1n) is 5.33. The number of hydrogen-bond acceptors (Lipinski definition) is 1. The van der Waals surface area contributed by atoms with Crippen LogP contribution >= 0.6 is 22.6 Å². The fourth-order valence-electron chi connectivity index (χ4n) is 1.41. The van der Waals surface area contributed by atoms with Crippen molar-refractivity contribution in [2.45, 2.75) is 0 Å². The highest BCUT2D eigenvalue weighted by atomic mass is 127. The number of halogens is 3. The Hall–Kier alpha value is -1.70. The lowest BCUT2D eigenvalue weighted by molar-refractivity contribution is 0.262. The average molecular weight is 374 g/mol. The van der Waals surface area contributed by atoms with E-state index in [-0.39, 0.29) is 5.69 Å². The monoisotopic (exact) mass is 374 g/mol. The quantitative estimate of drug-likeness (QED) is 0.760. The van der Waals surface area contributed by atoms with Crippen molar-refractivity contribution in [2.24, 2.45) is 0 Å². The van der Waals surface area contributed by atoms with Gasteiger partial charge in [-0.15, -0.1) is 0 Å². The predicted octanol–water partition coefficient (Wildman–Crippen LogP) is 4.21. The van der Waals surface area contributed by atoms with E-state index in [2.05, 4.69) is 33.2 Å². The SMILES string of the molecule is O=C(Nc1ccc(I)cc1)Nc1ccc(F)cc1F. The minimum atomic E-state index is -0.822. The van der Waals surface area contributed by atoms with E-state index in [4.69, 9.17) is 0 Å². The van der Waals surface area contributed by atoms with Gasteiger partial charge in [-0.2, -0.15) is 0 Å². The highest BCUT2D eigenvalue weighted by Gasteiger charge is 2.07. The fourth-order valence-corrected chi connectivity index (χ4v) is 1.77. The molecule has 2 aromatic rings. The molecule has 0 bridgehead atoms. The van der Waals surface area contributed by atoms with Crippen molar-refractivity contribution in [3.05, 3.63) is 57.7 Å². The van der Waals surface area contributed by atoms with Crippen molar-refractivity contribution < 1.29 is 13.6 Å². The lowest BCUT2D eigenvalue weighted by Gasteiger charge is -2.08. The summed E-state index contributed by atoms with van der Waals surface area (Å²) in [5.74, 6) is -1.51. The molecular weight excluding hydrogens is 365 g/mol. The Morgan fingerprint density at radius 3 is 2.32 bits per heavy atom. The number of carbonyl (C=O) groups is 1. The van der Waals surface area contributed by atoms with E-state index in [1.165, 1.54) is 0 Å². The molecule has 6 heteroatoms. The van der Waals surface area contributed by atoms with Gasteiger partial charge in [-0.05, 0) is 59.0 Å². The molecule has 98 valence electrons. The van der Waals surface area contributed by atoms with Crippen LogP contribution in [0.15, 0.2) is 42.5 Å². The molecule has 0 aliphatic rings. The first-order chi connectivity index (χ1) is 9.04. The lowest BCUT2D eigenvalue weighted by atomic mass is 10.3. The maximum absolute atomic E-state index is 13.3. The molecule has 0 radical (unpaired) electrons. The van der Waals surface area contributed by atoms with Gasteiger partial charge in [0.1, 0.15) is 11.6 Å². The van der Waals surface area contributed by atoms with Crippen LogP contribution in [0.5, 0.6) is 0 Å². The summed E-state index contributed by atoms with van der Waals surface area (Å²) >= 11 is 2.14. The van der Waals surface area contributed by atoms with Gasteiger partial charge in [0.2, 0.25) is 0 Å². The Bertz CT molecular complexity index is 602. The Balaban J connectivity index is 2.03. The topological polar surface area (TPSA) is 41.1 Å². The van der Waals surface area contributed by atoms with Gasteiger partial charge in [0.05, 0.1) is 5.69 Å². The third kappa shape index (κ3) is 3.88. The molecule has 2 rings (SSSR count). The summed E-state index contributed by atoms with van der Waals surface area (Å²) in [6.07, 6.45) is 0. The van der Waals surface area contributed by atoms with Crippen LogP contribution in [0.4, 0.5) is 25.0 Å². The second-order valence-electron chi connectivity index (χ2n) is 3.71. The molecule has 0 unspecified atom stereocenters. The molecule has 0 saturated heterocycles. The average Bonchev–Trinajstić information content (AvgIpc) is 2.36. The summed E-state index contributed by atoms with van der Waals surface area (Å²) in [5, 5.41) is 4.85. The van der Waals surface area contributed by atoms with Crippen LogP contribution in [0, 0.1) is 15.2 Å². The number of hydrogen-bond donors (Lipinski definition) is 2. The number of amides is 2. The summed E-state index contributed by atoms with van der Waals surface area (Å²) < 4.78 is 27.1. The Morgan fingerprint density at radius 1 is 1.00 bits per heavy atom. The number of rotatable bonds is 2. The molecule has 2 N–H and O–H groups in total. The normalized spacial score (nSPS) is 10.1. The maximum atomic E-state index is 13.3. The summed E-state index contributed by atoms with van der Waals surface area (Å²) in [7, 11) is 0. The molecule has 19 heavy (non-hydrogen) atoms. The number of anilines is 2. The summed E-state index contributed by atoms with van der Waals surface area (Å²) in [4.78, 5) is 11.6. The van der Waals surface area contributed by atoms with Crippen LogP contribution < -0.4 is 10.6 Å². The van der Waals surface area contributed by atoms with E-state index in [0.717, 1.165) is 15.7 Å². The van der Waals surface area contributed by atoms with E-state index >= 15 is 0 Å². The summed E-state index contributed by atoms with van der Waals surface area (Å²) in [6, 6.07) is 9.46. The maximum Gasteiger partial charge on any atom is 0.323 e. The summed E-state index contributed by atoms with van der Waals surface area (Å²) in [6.45, 7) is 0. The fraction of sp³-hybridized carbons (Fsp3) is 0. The molecule has 3 nitrogen and oxygen atoms in total. The molecule has 0 saturated carbocycles. The van der Waals surface area contributed by atoms with Crippen molar-refractivity contribution in [2.75, 3.05) is 10.6 Å². The molecular formula is C13H9F2IN2O. The van der Waals surface area contributed by atoms with Crippen molar-refractivity contribution in [3.8, 4) is 0 Å². The zero-order chi connectivity index (χ0) is 13.8. The largest absolute Gasteiger partial charge is 0.323 e. The van der Waals surface area contributed by atoms with Crippen LogP contribution in [0.25, 0.3) is 0 Å². The lowest BCUT2D eigenvalue weighted by Crippen LogP contribution is -2.20. The van der Waals surface area contributed by atoms with Gasteiger partial charge >= 0.3 is 6.03 Å². The Kier molecular flexibility index (Phi) is 4.31. The van der Waals surface area contributed by atoms with E-state index < -0.39 is 17.7 Å². The number of carbonyl (C=O) groups excluding carboxylic acids is 1. The number of benzene rings is 2. The third-order valence-corrected chi connectivity index (χ3v) is 3.00. The van der Waals surface area contributed by atoms with E-state index in [9.17, 15) is 13.6 Å². The van der Waals surface area contributed by atoms with E-state index in [0.29, 0.717) is 11.8 Å². The first kappa shape index (κ1) is 13.7. The first-order valence-corrected chi connectivity index (χ1v) is 6.41. The number of urea groups is 1. The molecule has 2 aromatic carbocycles. The number of nitrogens with one attached hydrogen (secondary N) is 2. The second-order valence-corrected chi connectivity index (χ2v) is 4.96. The zero-order valence-corrected chi connectivity index (χ0v) is 11.7. The van der Waals surface area contributed by atoms with E-state index in [1.807, 2.05) is 12.1 Å². The Morgan fingerprint density at radius 2 is 1.68 bits per heavy atom. The van der Waals surface area contributed by atoms with E-state index in [1.54, 1.807) is 12.1 Å². The van der Waals surface area contributed by atoms with Crippen LogP contribution in [0.3, 0.4) is 0 Å². The zero-order valence-electron chi connectivity index (χ0n) is 9.58. The van der Waals surface area contributed by atoms with Gasteiger partial charge in [0, 0.05) is 15.3 Å². The smallest absolute Gasteiger partial charge is 0.308 e. The van der Waals surface area contributed by atoms with Crippen LogP contribution in [0.1, 0.15) is 0 Å². The molecule has 0 aromatic heterocycles. The molecule has 0 spiro atoms. The van der Waals surface area contributed by atoms with Gasteiger partial charge in [0.15, 0.2) is 0 Å². The summed E-state index contributed by atoms with van der Waals surface area (Å²) in [5.41, 5.74) is 0.504. The standard InChI is InChI=1S/C13H9F2IN2O/c14-8-1-6-12(11(15)7-8)18-13(19)17-10-4-2-9(16)3-5-10/h1-7H,(H2,17,18,19). The molecule has 0 aliphatic heterocycles. The predicted molar refractivity (Wildman–Crippen MR) is 78.2 cm³/mol. The highest BCUT2D eigenvalue weighted by molar-refractivity contribution is 14.1. The van der Waals surface area contributed by atoms with Crippen molar-refractivity contribution in [1.82, 2.24) is 0 Å². The van der Waals surface area contributed by atoms with Crippen molar-refractivity contribution in [1.29, 1.82) is 0 Å². The molecule has 0 atom stereocenters. The van der Waals surface area contributed by atoms with Crippen LogP contribution in [-0.2, 0) is 0 Å². The van der Waals surface area contributed by atoms with Crippen molar-refractivity contribution in [3.63, 3.8) is 0 Å². The second kappa shape index (κ2) is 5.96. The van der Waals surface area contributed by atoms with Gasteiger partial charge in [-0.1, -0.05) is 0 Å². The van der Waals surface area contributed by atoms with Gasteiger partial charge in [-0.3, -0.25) is 0 Å². The van der Waals surface area contributed by atoms with Crippen LogP contribution in [0.2, 0.25) is 0 Å². The molecule has 2 amide bonds. The third-order valence-electron chi connectivity index (χ3n) is 2.28. The molecule has 0 heterocycles. The molecule has 0 fully saturated rings. The Labute approximate surface area is 122 Å². The molecule has 0 aliphatic carbocycles. The van der Waals surface area contributed by atoms with Gasteiger partial charge < -0.3 is 10.6 Å². The van der Waals surface area contributed by atoms with Gasteiger partial charge in [0.25, 0.3) is 0 Å². The van der Waals surface area contributed by atoms with Gasteiger partial charge in [-0.25, -0.2) is 13.6 Å². The van der Waals surface area contributed by atoms with Crippen molar-refractivity contribution >= 4 is 40.0 Å². The minimum Gasteiger partial charge on any atom is -0.308 e. The van der Waals surface area contributed by atoms with Crippen LogP contribution in [-0.4, -0.2) is 6.03 Å². The minimum absolute atomic E-state index is 0.0792. The highest BCUT2D eigenvalue weighted by Crippen LogP contribution is 2.16.